The highest BCUT2D eigenvalue weighted by Gasteiger charge is 2.21. The maximum atomic E-state index is 11.3. The molecule has 6 nitrogen and oxygen atoms in total. The molecule has 1 aliphatic rings. The molecule has 1 fully saturated rings. The topological polar surface area (TPSA) is 71.5 Å². The number of nitrogens with one attached hydrogen (secondary N) is 1. The van der Waals surface area contributed by atoms with E-state index in [4.69, 9.17) is 4.74 Å². The zero-order valence-electron chi connectivity index (χ0n) is 15.0. The van der Waals surface area contributed by atoms with Gasteiger partial charge in [0.2, 0.25) is 10.0 Å². The normalized spacial score (nSPS) is 18.6. The van der Waals surface area contributed by atoms with Crippen LogP contribution in [0.2, 0.25) is 0 Å². The number of rotatable bonds is 7. The first-order valence-electron chi connectivity index (χ1n) is 8.82. The summed E-state index contributed by atoms with van der Waals surface area (Å²) in [4.78, 5) is 6.45. The van der Waals surface area contributed by atoms with E-state index in [1.165, 1.54) is 6.26 Å². The number of nitrogens with zero attached hydrogens (tertiary/aromatic N) is 2. The van der Waals surface area contributed by atoms with Gasteiger partial charge < -0.3 is 4.74 Å². The molecular weight excluding hydrogens is 350 g/mol. The SMILES string of the molecule is CS(=O)(=O)NC[C@H]1CCCN(Cc2ccccc2Oc2cccnc2)C1. The molecule has 2 aromatic rings. The van der Waals surface area contributed by atoms with Crippen molar-refractivity contribution in [3.63, 3.8) is 0 Å². The van der Waals surface area contributed by atoms with E-state index in [-0.39, 0.29) is 0 Å². The summed E-state index contributed by atoms with van der Waals surface area (Å²) in [5.41, 5.74) is 1.12. The molecule has 26 heavy (non-hydrogen) atoms. The van der Waals surface area contributed by atoms with E-state index >= 15 is 0 Å². The van der Waals surface area contributed by atoms with E-state index in [9.17, 15) is 8.42 Å². The first kappa shape index (κ1) is 18.8. The van der Waals surface area contributed by atoms with Crippen molar-refractivity contribution >= 4 is 10.0 Å². The molecular formula is C19H25N3O3S. The molecule has 3 rings (SSSR count). The lowest BCUT2D eigenvalue weighted by Crippen LogP contribution is -2.40. The van der Waals surface area contributed by atoms with Crippen molar-refractivity contribution < 1.29 is 13.2 Å². The number of sulfonamides is 1. The van der Waals surface area contributed by atoms with Crippen LogP contribution in [0.1, 0.15) is 18.4 Å². The molecule has 1 saturated heterocycles. The average Bonchev–Trinajstić information content (AvgIpc) is 2.62. The number of aromatic nitrogens is 1. The molecule has 1 aromatic heterocycles. The smallest absolute Gasteiger partial charge is 0.208 e. The van der Waals surface area contributed by atoms with Gasteiger partial charge in [0, 0.05) is 31.4 Å². The molecule has 0 aliphatic carbocycles. The van der Waals surface area contributed by atoms with Gasteiger partial charge in [0.25, 0.3) is 0 Å². The summed E-state index contributed by atoms with van der Waals surface area (Å²) in [5, 5.41) is 0. The van der Waals surface area contributed by atoms with Gasteiger partial charge in [0.05, 0.1) is 12.5 Å². The van der Waals surface area contributed by atoms with Gasteiger partial charge in [-0.15, -0.1) is 0 Å². The third-order valence-electron chi connectivity index (χ3n) is 4.47. The summed E-state index contributed by atoms with van der Waals surface area (Å²) >= 11 is 0. The Balaban J connectivity index is 1.63. The Kier molecular flexibility index (Phi) is 6.24. The van der Waals surface area contributed by atoms with Crippen LogP contribution in [-0.4, -0.2) is 44.2 Å². The highest BCUT2D eigenvalue weighted by atomic mass is 32.2. The molecule has 1 atom stereocenters. The van der Waals surface area contributed by atoms with E-state index in [1.807, 2.05) is 30.3 Å². The quantitative estimate of drug-likeness (QED) is 0.805. The van der Waals surface area contributed by atoms with Gasteiger partial charge >= 0.3 is 0 Å². The standard InChI is InChI=1S/C19H25N3O3S/c1-26(23,24)21-12-16-6-5-11-22(14-16)15-17-7-2-3-9-19(17)25-18-8-4-10-20-13-18/h2-4,7-10,13,16,21H,5-6,11-12,14-15H2,1H3/t16-/m1/s1. The lowest BCUT2D eigenvalue weighted by atomic mass is 9.98. The Labute approximate surface area is 155 Å². The number of benzene rings is 1. The molecule has 0 radical (unpaired) electrons. The number of piperidine rings is 1. The third kappa shape index (κ3) is 5.79. The monoisotopic (exact) mass is 375 g/mol. The lowest BCUT2D eigenvalue weighted by molar-refractivity contribution is 0.167. The molecule has 1 aliphatic heterocycles. The molecule has 0 spiro atoms. The van der Waals surface area contributed by atoms with Gasteiger partial charge in [-0.2, -0.15) is 0 Å². The van der Waals surface area contributed by atoms with Gasteiger partial charge in [-0.25, -0.2) is 13.1 Å². The molecule has 0 bridgehead atoms. The number of ether oxygens (including phenoxy) is 1. The highest BCUT2D eigenvalue weighted by molar-refractivity contribution is 7.88. The van der Waals surface area contributed by atoms with E-state index < -0.39 is 10.0 Å². The van der Waals surface area contributed by atoms with Gasteiger partial charge in [-0.05, 0) is 43.5 Å². The number of para-hydroxylation sites is 1. The average molecular weight is 375 g/mol. The largest absolute Gasteiger partial charge is 0.455 e. The molecule has 0 amide bonds. The Morgan fingerprint density at radius 1 is 1.27 bits per heavy atom. The lowest BCUT2D eigenvalue weighted by Gasteiger charge is -2.33. The summed E-state index contributed by atoms with van der Waals surface area (Å²) in [6.07, 6.45) is 6.75. The van der Waals surface area contributed by atoms with Crippen molar-refractivity contribution in [2.75, 3.05) is 25.9 Å². The number of likely N-dealkylation sites (tertiary alicyclic amines) is 1. The number of pyridine rings is 1. The second kappa shape index (κ2) is 8.62. The first-order chi connectivity index (χ1) is 12.5. The van der Waals surface area contributed by atoms with Crippen LogP contribution in [0, 0.1) is 5.92 Å². The zero-order valence-corrected chi connectivity index (χ0v) is 15.8. The Hall–Kier alpha value is -1.96. The summed E-state index contributed by atoms with van der Waals surface area (Å²) in [6, 6.07) is 11.8. The molecule has 140 valence electrons. The highest BCUT2D eigenvalue weighted by Crippen LogP contribution is 2.27. The number of hydrogen-bond acceptors (Lipinski definition) is 5. The van der Waals surface area contributed by atoms with Gasteiger partial charge in [-0.3, -0.25) is 9.88 Å². The maximum absolute atomic E-state index is 11.3. The summed E-state index contributed by atoms with van der Waals surface area (Å²) in [7, 11) is -3.14. The predicted octanol–water partition coefficient (Wildman–Crippen LogP) is 2.64. The minimum absolute atomic E-state index is 0.338. The third-order valence-corrected chi connectivity index (χ3v) is 5.16. The summed E-state index contributed by atoms with van der Waals surface area (Å²) in [5.74, 6) is 1.88. The summed E-state index contributed by atoms with van der Waals surface area (Å²) < 4.78 is 31.3. The second-order valence-electron chi connectivity index (χ2n) is 6.76. The van der Waals surface area contributed by atoms with Crippen molar-refractivity contribution in [2.45, 2.75) is 19.4 Å². The van der Waals surface area contributed by atoms with E-state index in [0.29, 0.717) is 18.2 Å². The molecule has 2 heterocycles. The van der Waals surface area contributed by atoms with Gasteiger partial charge in [-0.1, -0.05) is 18.2 Å². The van der Waals surface area contributed by atoms with Crippen molar-refractivity contribution in [1.29, 1.82) is 0 Å². The van der Waals surface area contributed by atoms with Crippen molar-refractivity contribution in [2.24, 2.45) is 5.92 Å². The van der Waals surface area contributed by atoms with Crippen molar-refractivity contribution in [3.8, 4) is 11.5 Å². The Bertz CT molecular complexity index is 812. The molecule has 1 aromatic carbocycles. The minimum Gasteiger partial charge on any atom is -0.455 e. The van der Waals surface area contributed by atoms with Crippen LogP contribution in [0.15, 0.2) is 48.8 Å². The zero-order chi connectivity index (χ0) is 18.4. The van der Waals surface area contributed by atoms with Crippen molar-refractivity contribution in [1.82, 2.24) is 14.6 Å². The predicted molar refractivity (Wildman–Crippen MR) is 102 cm³/mol. The Morgan fingerprint density at radius 2 is 2.12 bits per heavy atom. The van der Waals surface area contributed by atoms with E-state index in [2.05, 4.69) is 20.7 Å². The molecule has 7 heteroatoms. The van der Waals surface area contributed by atoms with E-state index in [1.54, 1.807) is 12.4 Å². The van der Waals surface area contributed by atoms with Crippen LogP contribution < -0.4 is 9.46 Å². The van der Waals surface area contributed by atoms with Crippen LogP contribution in [0.25, 0.3) is 0 Å². The molecule has 0 unspecified atom stereocenters. The van der Waals surface area contributed by atoms with Crippen LogP contribution in [-0.2, 0) is 16.6 Å². The van der Waals surface area contributed by atoms with Crippen molar-refractivity contribution in [3.05, 3.63) is 54.4 Å². The van der Waals surface area contributed by atoms with E-state index in [0.717, 1.165) is 43.8 Å². The van der Waals surface area contributed by atoms with Crippen LogP contribution >= 0.6 is 0 Å². The first-order valence-corrected chi connectivity index (χ1v) is 10.7. The van der Waals surface area contributed by atoms with Crippen LogP contribution in [0.5, 0.6) is 11.5 Å². The molecule has 0 saturated carbocycles. The van der Waals surface area contributed by atoms with Crippen LogP contribution in [0.4, 0.5) is 0 Å². The van der Waals surface area contributed by atoms with Gasteiger partial charge in [0.1, 0.15) is 11.5 Å². The minimum atomic E-state index is -3.14. The second-order valence-corrected chi connectivity index (χ2v) is 8.60. The molecule has 1 N–H and O–H groups in total. The fraction of sp³-hybridized carbons (Fsp3) is 0.421. The van der Waals surface area contributed by atoms with Crippen LogP contribution in [0.3, 0.4) is 0 Å². The summed E-state index contributed by atoms with van der Waals surface area (Å²) in [6.45, 7) is 3.18. The fourth-order valence-electron chi connectivity index (χ4n) is 3.24. The Morgan fingerprint density at radius 3 is 2.88 bits per heavy atom. The maximum Gasteiger partial charge on any atom is 0.208 e. The fourth-order valence-corrected chi connectivity index (χ4v) is 3.78. The number of hydrogen-bond donors (Lipinski definition) is 1. The van der Waals surface area contributed by atoms with Gasteiger partial charge in [0.15, 0.2) is 0 Å².